The fourth-order valence-corrected chi connectivity index (χ4v) is 2.93. The molecular weight excluding hydrogens is 406 g/mol. The normalized spacial score (nSPS) is 10.3. The van der Waals surface area contributed by atoms with Crippen LogP contribution in [-0.4, -0.2) is 16.8 Å². The van der Waals surface area contributed by atoms with Gasteiger partial charge in [0.25, 0.3) is 5.91 Å². The summed E-state index contributed by atoms with van der Waals surface area (Å²) in [6.07, 6.45) is 3.45. The number of carbonyl (C=O) groups is 2. The number of halogens is 1. The van der Waals surface area contributed by atoms with E-state index in [-0.39, 0.29) is 11.8 Å². The van der Waals surface area contributed by atoms with E-state index in [1.165, 1.54) is 6.20 Å². The first kappa shape index (κ1) is 18.8. The van der Waals surface area contributed by atoms with Crippen LogP contribution in [0, 0.1) is 0 Å². The molecule has 0 bridgehead atoms. The van der Waals surface area contributed by atoms with E-state index < -0.39 is 0 Å². The molecule has 2 N–H and O–H groups in total. The van der Waals surface area contributed by atoms with E-state index in [0.29, 0.717) is 18.5 Å². The maximum atomic E-state index is 12.2. The molecule has 2 amide bonds. The number of carbonyl (C=O) groups excluding carboxylic acids is 2. The van der Waals surface area contributed by atoms with Crippen LogP contribution in [0.3, 0.4) is 0 Å². The zero-order chi connectivity index (χ0) is 19.1. The lowest BCUT2D eigenvalue weighted by atomic mass is 10.1. The molecule has 3 rings (SSSR count). The molecule has 0 spiro atoms. The number of hydrogen-bond donors (Lipinski definition) is 2. The average Bonchev–Trinajstić information content (AvgIpc) is 2.69. The van der Waals surface area contributed by atoms with Crippen molar-refractivity contribution in [2.45, 2.75) is 13.0 Å². The van der Waals surface area contributed by atoms with Crippen molar-refractivity contribution in [2.75, 3.05) is 5.32 Å². The highest BCUT2D eigenvalue weighted by Crippen LogP contribution is 2.17. The highest BCUT2D eigenvalue weighted by molar-refractivity contribution is 9.10. The Bertz CT molecular complexity index is 928. The summed E-state index contributed by atoms with van der Waals surface area (Å²) in [6, 6.07) is 18.5. The molecule has 0 atom stereocenters. The summed E-state index contributed by atoms with van der Waals surface area (Å²) in [6.45, 7) is 0.402. The van der Waals surface area contributed by atoms with Crippen LogP contribution in [-0.2, 0) is 17.8 Å². The van der Waals surface area contributed by atoms with Gasteiger partial charge in [0.1, 0.15) is 0 Å². The summed E-state index contributed by atoms with van der Waals surface area (Å²) in [4.78, 5) is 28.1. The van der Waals surface area contributed by atoms with Crippen molar-refractivity contribution in [1.82, 2.24) is 10.3 Å². The van der Waals surface area contributed by atoms with E-state index >= 15 is 0 Å². The second-order valence-corrected chi connectivity index (χ2v) is 6.79. The number of hydrogen-bond acceptors (Lipinski definition) is 3. The Hall–Kier alpha value is -2.99. The predicted octanol–water partition coefficient (Wildman–Crippen LogP) is 3.96. The number of amides is 2. The Morgan fingerprint density at radius 3 is 2.44 bits per heavy atom. The van der Waals surface area contributed by atoms with Gasteiger partial charge in [0, 0.05) is 29.1 Å². The van der Waals surface area contributed by atoms with Gasteiger partial charge in [-0.2, -0.15) is 0 Å². The van der Waals surface area contributed by atoms with Crippen LogP contribution < -0.4 is 10.6 Å². The Kier molecular flexibility index (Phi) is 6.33. The fraction of sp³-hybridized carbons (Fsp3) is 0.0952. The minimum absolute atomic E-state index is 0.0838. The van der Waals surface area contributed by atoms with Crippen LogP contribution in [0.5, 0.6) is 0 Å². The molecule has 0 saturated heterocycles. The Morgan fingerprint density at radius 2 is 1.74 bits per heavy atom. The topological polar surface area (TPSA) is 71.1 Å². The molecule has 1 heterocycles. The second-order valence-electron chi connectivity index (χ2n) is 5.94. The number of benzene rings is 2. The highest BCUT2D eigenvalue weighted by atomic mass is 79.9. The third-order valence-corrected chi connectivity index (χ3v) is 4.70. The van der Waals surface area contributed by atoms with Gasteiger partial charge in [0.2, 0.25) is 5.91 Å². The van der Waals surface area contributed by atoms with Crippen LogP contribution in [0.2, 0.25) is 0 Å². The van der Waals surface area contributed by atoms with Gasteiger partial charge in [0.15, 0.2) is 0 Å². The minimum Gasteiger partial charge on any atom is -0.348 e. The second kappa shape index (κ2) is 9.09. The predicted molar refractivity (Wildman–Crippen MR) is 108 cm³/mol. The SMILES string of the molecule is O=C(Cc1ccccc1Br)Nc1ccc(CNC(=O)c2cccnc2)cc1. The molecule has 5 nitrogen and oxygen atoms in total. The summed E-state index contributed by atoms with van der Waals surface area (Å²) in [5, 5.41) is 5.72. The molecule has 0 aliphatic heterocycles. The van der Waals surface area contributed by atoms with Crippen molar-refractivity contribution in [3.05, 3.63) is 94.2 Å². The molecule has 0 aliphatic rings. The van der Waals surface area contributed by atoms with Gasteiger partial charge in [0.05, 0.1) is 12.0 Å². The number of nitrogens with zero attached hydrogens (tertiary/aromatic N) is 1. The first-order valence-electron chi connectivity index (χ1n) is 8.42. The van der Waals surface area contributed by atoms with Crippen LogP contribution in [0.1, 0.15) is 21.5 Å². The molecule has 0 fully saturated rings. The monoisotopic (exact) mass is 423 g/mol. The number of aromatic nitrogens is 1. The summed E-state index contributed by atoms with van der Waals surface area (Å²) in [5.74, 6) is -0.256. The standard InChI is InChI=1S/C21H18BrN3O2/c22-19-6-2-1-4-16(19)12-20(26)25-18-9-7-15(8-10-18)13-24-21(27)17-5-3-11-23-14-17/h1-11,14H,12-13H2,(H,24,27)(H,25,26). The molecule has 6 heteroatoms. The molecule has 1 aromatic heterocycles. The van der Waals surface area contributed by atoms with Gasteiger partial charge in [-0.15, -0.1) is 0 Å². The van der Waals surface area contributed by atoms with E-state index in [4.69, 9.17) is 0 Å². The molecule has 136 valence electrons. The van der Waals surface area contributed by atoms with E-state index in [9.17, 15) is 9.59 Å². The summed E-state index contributed by atoms with van der Waals surface area (Å²) >= 11 is 3.45. The number of rotatable bonds is 6. The largest absolute Gasteiger partial charge is 0.348 e. The van der Waals surface area contributed by atoms with E-state index in [1.54, 1.807) is 18.3 Å². The fourth-order valence-electron chi connectivity index (χ4n) is 2.51. The van der Waals surface area contributed by atoms with Crippen molar-refractivity contribution in [3.63, 3.8) is 0 Å². The van der Waals surface area contributed by atoms with E-state index in [2.05, 4.69) is 31.5 Å². The molecule has 0 radical (unpaired) electrons. The molecule has 0 aliphatic carbocycles. The van der Waals surface area contributed by atoms with Crippen molar-refractivity contribution in [3.8, 4) is 0 Å². The molecule has 0 saturated carbocycles. The zero-order valence-corrected chi connectivity index (χ0v) is 16.1. The van der Waals surface area contributed by atoms with Crippen LogP contribution in [0.15, 0.2) is 77.5 Å². The Labute approximate surface area is 166 Å². The lowest BCUT2D eigenvalue weighted by Crippen LogP contribution is -2.22. The first-order valence-corrected chi connectivity index (χ1v) is 9.21. The number of nitrogens with one attached hydrogen (secondary N) is 2. The third kappa shape index (κ3) is 5.49. The van der Waals surface area contributed by atoms with Gasteiger partial charge in [-0.1, -0.05) is 46.3 Å². The summed E-state index contributed by atoms with van der Waals surface area (Å²) in [7, 11) is 0. The molecule has 0 unspecified atom stereocenters. The van der Waals surface area contributed by atoms with Gasteiger partial charge >= 0.3 is 0 Å². The molecule has 27 heavy (non-hydrogen) atoms. The van der Waals surface area contributed by atoms with Gasteiger partial charge < -0.3 is 10.6 Å². The quantitative estimate of drug-likeness (QED) is 0.630. The van der Waals surface area contributed by atoms with Gasteiger partial charge in [-0.3, -0.25) is 14.6 Å². The number of pyridine rings is 1. The number of anilines is 1. The van der Waals surface area contributed by atoms with Crippen molar-refractivity contribution >= 4 is 33.4 Å². The maximum absolute atomic E-state index is 12.2. The van der Waals surface area contributed by atoms with Crippen molar-refractivity contribution < 1.29 is 9.59 Å². The molecule has 3 aromatic rings. The first-order chi connectivity index (χ1) is 13.1. The van der Waals surface area contributed by atoms with Gasteiger partial charge in [-0.25, -0.2) is 0 Å². The summed E-state index contributed by atoms with van der Waals surface area (Å²) in [5.41, 5.74) is 3.11. The lowest BCUT2D eigenvalue weighted by Gasteiger charge is -2.09. The van der Waals surface area contributed by atoms with Crippen LogP contribution >= 0.6 is 15.9 Å². The molecular formula is C21H18BrN3O2. The van der Waals surface area contributed by atoms with Crippen LogP contribution in [0.25, 0.3) is 0 Å². The van der Waals surface area contributed by atoms with E-state index in [0.717, 1.165) is 21.3 Å². The third-order valence-electron chi connectivity index (χ3n) is 3.92. The molecule has 2 aromatic carbocycles. The summed E-state index contributed by atoms with van der Waals surface area (Å²) < 4.78 is 0.917. The highest BCUT2D eigenvalue weighted by Gasteiger charge is 2.08. The Balaban J connectivity index is 1.52. The maximum Gasteiger partial charge on any atom is 0.253 e. The Morgan fingerprint density at radius 1 is 0.963 bits per heavy atom. The van der Waals surface area contributed by atoms with Crippen molar-refractivity contribution in [1.29, 1.82) is 0 Å². The van der Waals surface area contributed by atoms with Gasteiger partial charge in [-0.05, 0) is 41.5 Å². The smallest absolute Gasteiger partial charge is 0.253 e. The van der Waals surface area contributed by atoms with E-state index in [1.807, 2.05) is 48.5 Å². The average molecular weight is 424 g/mol. The lowest BCUT2D eigenvalue weighted by molar-refractivity contribution is -0.115. The van der Waals surface area contributed by atoms with Crippen LogP contribution in [0.4, 0.5) is 5.69 Å². The minimum atomic E-state index is -0.172. The van der Waals surface area contributed by atoms with Crippen molar-refractivity contribution in [2.24, 2.45) is 0 Å². The zero-order valence-electron chi connectivity index (χ0n) is 14.5.